The molecule has 1 aliphatic heterocycles. The summed E-state index contributed by atoms with van der Waals surface area (Å²) in [5.41, 5.74) is 2.74. The lowest BCUT2D eigenvalue weighted by Gasteiger charge is -2.17. The molecule has 1 fully saturated rings. The second-order valence-electron chi connectivity index (χ2n) is 5.95. The Labute approximate surface area is 143 Å². The molecule has 24 heavy (non-hydrogen) atoms. The minimum absolute atomic E-state index is 0.00892. The normalized spacial score (nSPS) is 15.1. The first kappa shape index (κ1) is 16.3. The lowest BCUT2D eigenvalue weighted by molar-refractivity contribution is -0.144. The molecule has 3 rings (SSSR count). The monoisotopic (exact) mass is 343 g/mol. The van der Waals surface area contributed by atoms with Gasteiger partial charge in [0.25, 0.3) is 0 Å². The largest absolute Gasteiger partial charge is 0.334 e. The highest BCUT2D eigenvalue weighted by atomic mass is 32.1. The van der Waals surface area contributed by atoms with Crippen molar-refractivity contribution in [1.82, 2.24) is 14.8 Å². The Bertz CT molecular complexity index is 811. The van der Waals surface area contributed by atoms with Crippen LogP contribution in [0.3, 0.4) is 0 Å². The number of benzene rings is 1. The number of hydrogen-bond donors (Lipinski definition) is 0. The first-order chi connectivity index (χ1) is 11.4. The summed E-state index contributed by atoms with van der Waals surface area (Å²) in [6.07, 6.45) is 0. The molecular formula is C17H17N3O3S. The van der Waals surface area contributed by atoms with Crippen LogP contribution in [-0.2, 0) is 16.1 Å². The maximum atomic E-state index is 12.3. The van der Waals surface area contributed by atoms with E-state index in [9.17, 15) is 14.4 Å². The number of nitrogens with zero attached hydrogens (tertiary/aromatic N) is 3. The van der Waals surface area contributed by atoms with Gasteiger partial charge in [0.2, 0.25) is 0 Å². The molecule has 6 nitrogen and oxygen atoms in total. The molecule has 0 radical (unpaired) electrons. The molecule has 7 heteroatoms. The Hall–Kier alpha value is -2.54. The smallest absolute Gasteiger partial charge is 0.263 e. The van der Waals surface area contributed by atoms with Crippen molar-refractivity contribution in [2.75, 3.05) is 0 Å². The molecule has 0 saturated carbocycles. The molecule has 0 atom stereocenters. The highest BCUT2D eigenvalue weighted by Gasteiger charge is 2.45. The fourth-order valence-electron chi connectivity index (χ4n) is 2.49. The summed E-state index contributed by atoms with van der Waals surface area (Å²) in [5.74, 6) is -1.57. The zero-order valence-electron chi connectivity index (χ0n) is 13.6. The van der Waals surface area contributed by atoms with Crippen LogP contribution in [0.25, 0.3) is 10.6 Å². The van der Waals surface area contributed by atoms with Crippen LogP contribution in [0.4, 0.5) is 4.79 Å². The van der Waals surface area contributed by atoms with Crippen molar-refractivity contribution in [1.29, 1.82) is 0 Å². The minimum atomic E-state index is -0.793. The van der Waals surface area contributed by atoms with Gasteiger partial charge in [-0.1, -0.05) is 29.8 Å². The van der Waals surface area contributed by atoms with Crippen molar-refractivity contribution in [3.63, 3.8) is 0 Å². The predicted octanol–water partition coefficient (Wildman–Crippen LogP) is 2.82. The van der Waals surface area contributed by atoms with Crippen molar-refractivity contribution in [2.45, 2.75) is 33.4 Å². The molecule has 0 N–H and O–H groups in total. The lowest BCUT2D eigenvalue weighted by atomic mass is 10.2. The molecule has 1 aromatic heterocycles. The van der Waals surface area contributed by atoms with Crippen molar-refractivity contribution in [2.24, 2.45) is 0 Å². The van der Waals surface area contributed by atoms with Gasteiger partial charge in [-0.2, -0.15) is 0 Å². The summed E-state index contributed by atoms with van der Waals surface area (Å²) < 4.78 is 0. The van der Waals surface area contributed by atoms with E-state index in [1.807, 2.05) is 31.2 Å². The first-order valence-corrected chi connectivity index (χ1v) is 8.47. The quantitative estimate of drug-likeness (QED) is 0.632. The number of rotatable bonds is 4. The van der Waals surface area contributed by atoms with Gasteiger partial charge in [0.15, 0.2) is 0 Å². The van der Waals surface area contributed by atoms with Crippen LogP contribution < -0.4 is 0 Å². The third-order valence-electron chi connectivity index (χ3n) is 3.77. The van der Waals surface area contributed by atoms with E-state index in [-0.39, 0.29) is 12.6 Å². The van der Waals surface area contributed by atoms with Crippen LogP contribution in [0.15, 0.2) is 29.6 Å². The van der Waals surface area contributed by atoms with Gasteiger partial charge in [0.05, 0.1) is 12.2 Å². The van der Waals surface area contributed by atoms with Crippen LogP contribution in [0, 0.1) is 6.92 Å². The summed E-state index contributed by atoms with van der Waals surface area (Å²) >= 11 is 1.44. The molecule has 0 aliphatic carbocycles. The van der Waals surface area contributed by atoms with Crippen molar-refractivity contribution in [3.8, 4) is 10.6 Å². The highest BCUT2D eigenvalue weighted by Crippen LogP contribution is 2.26. The zero-order chi connectivity index (χ0) is 17.4. The van der Waals surface area contributed by atoms with Gasteiger partial charge >= 0.3 is 17.8 Å². The van der Waals surface area contributed by atoms with Crippen LogP contribution in [0.2, 0.25) is 0 Å². The number of aromatic nitrogens is 1. The Morgan fingerprint density at radius 2 is 1.75 bits per heavy atom. The Kier molecular flexibility index (Phi) is 4.19. The fourth-order valence-corrected chi connectivity index (χ4v) is 3.30. The molecule has 124 valence electrons. The zero-order valence-corrected chi connectivity index (χ0v) is 14.5. The van der Waals surface area contributed by atoms with E-state index in [0.717, 1.165) is 25.9 Å². The van der Waals surface area contributed by atoms with Crippen LogP contribution in [-0.4, -0.2) is 38.7 Å². The summed E-state index contributed by atoms with van der Waals surface area (Å²) in [7, 11) is 0. The van der Waals surface area contributed by atoms with Gasteiger partial charge in [-0.3, -0.25) is 14.5 Å². The number of carbonyl (C=O) groups is 3. The molecule has 0 bridgehead atoms. The first-order valence-electron chi connectivity index (χ1n) is 7.59. The third-order valence-corrected chi connectivity index (χ3v) is 4.71. The summed E-state index contributed by atoms with van der Waals surface area (Å²) in [4.78, 5) is 42.6. The number of urea groups is 1. The molecule has 2 aromatic rings. The second kappa shape index (κ2) is 6.16. The SMILES string of the molecule is Cc1ccc(-c2nc(CN3C(=O)C(=O)N(C(C)C)C3=O)cs2)cc1. The van der Waals surface area contributed by atoms with Crippen LogP contribution >= 0.6 is 11.3 Å². The number of amides is 4. The van der Waals surface area contributed by atoms with Gasteiger partial charge in [0, 0.05) is 17.0 Å². The molecule has 1 saturated heterocycles. The van der Waals surface area contributed by atoms with E-state index in [1.165, 1.54) is 11.3 Å². The van der Waals surface area contributed by atoms with Crippen molar-refractivity contribution >= 4 is 29.2 Å². The van der Waals surface area contributed by atoms with E-state index in [2.05, 4.69) is 4.98 Å². The minimum Gasteiger partial charge on any atom is -0.263 e. The molecular weight excluding hydrogens is 326 g/mol. The maximum absolute atomic E-state index is 12.3. The maximum Gasteiger partial charge on any atom is 0.334 e. The number of aryl methyl sites for hydroxylation is 1. The fraction of sp³-hybridized carbons (Fsp3) is 0.294. The summed E-state index contributed by atoms with van der Waals surface area (Å²) in [6, 6.07) is 7.04. The van der Waals surface area contributed by atoms with E-state index >= 15 is 0 Å². The summed E-state index contributed by atoms with van der Waals surface area (Å²) in [5, 5.41) is 2.62. The number of carbonyl (C=O) groups excluding carboxylic acids is 3. The van der Waals surface area contributed by atoms with Crippen LogP contribution in [0.5, 0.6) is 0 Å². The Morgan fingerprint density at radius 1 is 1.08 bits per heavy atom. The average Bonchev–Trinajstić information content (AvgIpc) is 3.08. The molecule has 1 aromatic carbocycles. The van der Waals surface area contributed by atoms with E-state index in [0.29, 0.717) is 5.69 Å². The van der Waals surface area contributed by atoms with E-state index in [4.69, 9.17) is 0 Å². The van der Waals surface area contributed by atoms with Gasteiger partial charge < -0.3 is 0 Å². The number of thiazole rings is 1. The number of hydrogen-bond acceptors (Lipinski definition) is 5. The molecule has 0 unspecified atom stereocenters. The average molecular weight is 343 g/mol. The predicted molar refractivity (Wildman–Crippen MR) is 90.2 cm³/mol. The third kappa shape index (κ3) is 2.82. The Morgan fingerprint density at radius 3 is 2.33 bits per heavy atom. The van der Waals surface area contributed by atoms with Gasteiger partial charge in [-0.15, -0.1) is 11.3 Å². The summed E-state index contributed by atoms with van der Waals surface area (Å²) in [6.45, 7) is 5.42. The topological polar surface area (TPSA) is 70.6 Å². The molecule has 4 amide bonds. The van der Waals surface area contributed by atoms with Crippen molar-refractivity contribution < 1.29 is 14.4 Å². The number of imide groups is 2. The molecule has 0 spiro atoms. The van der Waals surface area contributed by atoms with E-state index in [1.54, 1.807) is 19.2 Å². The van der Waals surface area contributed by atoms with Crippen molar-refractivity contribution in [3.05, 3.63) is 40.9 Å². The Balaban J connectivity index is 1.80. The standard InChI is InChI=1S/C17H17N3O3S/c1-10(2)20-16(22)15(21)19(17(20)23)8-13-9-24-14(18-13)12-6-4-11(3)5-7-12/h4-7,9-10H,8H2,1-3H3. The highest BCUT2D eigenvalue weighted by molar-refractivity contribution is 7.13. The molecule has 1 aliphatic rings. The second-order valence-corrected chi connectivity index (χ2v) is 6.81. The van der Waals surface area contributed by atoms with Crippen LogP contribution in [0.1, 0.15) is 25.1 Å². The lowest BCUT2D eigenvalue weighted by Crippen LogP contribution is -2.37. The molecule has 2 heterocycles. The van der Waals surface area contributed by atoms with Gasteiger partial charge in [-0.05, 0) is 20.8 Å². The van der Waals surface area contributed by atoms with E-state index < -0.39 is 17.8 Å². The van der Waals surface area contributed by atoms with Gasteiger partial charge in [0.1, 0.15) is 5.01 Å². The van der Waals surface area contributed by atoms with Gasteiger partial charge in [-0.25, -0.2) is 14.7 Å².